The second-order valence-electron chi connectivity index (χ2n) is 6.77. The largest absolute Gasteiger partial charge is 0.243 e. The maximum absolute atomic E-state index is 14.3. The number of sulfonamides is 1. The first-order chi connectivity index (χ1) is 14.9. The molecule has 10 heteroatoms. The van der Waals surface area contributed by atoms with Crippen molar-refractivity contribution in [2.45, 2.75) is 18.0 Å². The number of hydrogen-bond donors (Lipinski definition) is 1. The quantitative estimate of drug-likeness (QED) is 0.452. The molecule has 0 atom stereocenters. The van der Waals surface area contributed by atoms with Crippen LogP contribution in [0.3, 0.4) is 0 Å². The van der Waals surface area contributed by atoms with Gasteiger partial charge in [0.25, 0.3) is 0 Å². The molecule has 7 nitrogen and oxygen atoms in total. The minimum absolute atomic E-state index is 0.0498. The maximum Gasteiger partial charge on any atom is 0.243 e. The molecule has 3 aromatic carbocycles. The number of aromatic nitrogens is 4. The SMILES string of the molecule is O=S(=O)(c1ccc(Cl)cc1)N(Cc1ccc(-c2nnn[nH]2)cc1)Cc1ccccc1F. The molecule has 0 amide bonds. The Balaban J connectivity index is 1.66. The van der Waals surface area contributed by atoms with E-state index in [0.29, 0.717) is 10.8 Å². The van der Waals surface area contributed by atoms with Gasteiger partial charge in [0, 0.05) is 29.2 Å². The average molecular weight is 458 g/mol. The highest BCUT2D eigenvalue weighted by Crippen LogP contribution is 2.24. The first-order valence-electron chi connectivity index (χ1n) is 9.25. The molecule has 0 saturated heterocycles. The summed E-state index contributed by atoms with van der Waals surface area (Å²) in [5, 5.41) is 14.0. The van der Waals surface area contributed by atoms with E-state index >= 15 is 0 Å². The second-order valence-corrected chi connectivity index (χ2v) is 9.14. The van der Waals surface area contributed by atoms with E-state index in [1.165, 1.54) is 34.6 Å². The Morgan fingerprint density at radius 3 is 2.29 bits per heavy atom. The molecule has 0 spiro atoms. The topological polar surface area (TPSA) is 91.8 Å². The molecule has 4 aromatic rings. The van der Waals surface area contributed by atoms with Crippen LogP contribution in [0.25, 0.3) is 11.4 Å². The van der Waals surface area contributed by atoms with Crippen molar-refractivity contribution >= 4 is 21.6 Å². The van der Waals surface area contributed by atoms with Gasteiger partial charge in [-0.25, -0.2) is 17.9 Å². The minimum Gasteiger partial charge on any atom is -0.239 e. The number of hydrogen-bond acceptors (Lipinski definition) is 5. The Kier molecular flexibility index (Phi) is 6.08. The molecule has 158 valence electrons. The standard InChI is InChI=1S/C21H17ClFN5O2S/c22-18-9-11-19(12-10-18)31(29,30)28(14-17-3-1-2-4-20(17)23)13-15-5-7-16(8-6-15)21-24-26-27-25-21/h1-12H,13-14H2,(H,24,25,26,27). The Morgan fingerprint density at radius 1 is 0.935 bits per heavy atom. The van der Waals surface area contributed by atoms with Gasteiger partial charge in [0.2, 0.25) is 10.0 Å². The van der Waals surface area contributed by atoms with Gasteiger partial charge in [0.1, 0.15) is 5.82 Å². The summed E-state index contributed by atoms with van der Waals surface area (Å²) in [7, 11) is -3.91. The van der Waals surface area contributed by atoms with E-state index in [-0.39, 0.29) is 23.5 Å². The van der Waals surface area contributed by atoms with Crippen LogP contribution < -0.4 is 0 Å². The zero-order valence-electron chi connectivity index (χ0n) is 16.1. The molecular weight excluding hydrogens is 441 g/mol. The lowest BCUT2D eigenvalue weighted by Gasteiger charge is -2.23. The van der Waals surface area contributed by atoms with Crippen LogP contribution in [0.4, 0.5) is 4.39 Å². The highest BCUT2D eigenvalue weighted by atomic mass is 35.5. The van der Waals surface area contributed by atoms with Crippen molar-refractivity contribution in [2.24, 2.45) is 0 Å². The van der Waals surface area contributed by atoms with Crippen molar-refractivity contribution in [3.63, 3.8) is 0 Å². The number of halogens is 2. The van der Waals surface area contributed by atoms with E-state index in [4.69, 9.17) is 11.6 Å². The third-order valence-electron chi connectivity index (χ3n) is 4.69. The first-order valence-corrected chi connectivity index (χ1v) is 11.1. The highest BCUT2D eigenvalue weighted by Gasteiger charge is 2.26. The van der Waals surface area contributed by atoms with Gasteiger partial charge in [-0.2, -0.15) is 4.31 Å². The highest BCUT2D eigenvalue weighted by molar-refractivity contribution is 7.89. The lowest BCUT2D eigenvalue weighted by Crippen LogP contribution is -2.30. The Labute approximate surface area is 183 Å². The van der Waals surface area contributed by atoms with Crippen molar-refractivity contribution in [2.75, 3.05) is 0 Å². The van der Waals surface area contributed by atoms with Crippen molar-refractivity contribution in [3.8, 4) is 11.4 Å². The Hall–Kier alpha value is -3.14. The molecular formula is C21H17ClFN5O2S. The summed E-state index contributed by atoms with van der Waals surface area (Å²) in [5.41, 5.74) is 1.77. The van der Waals surface area contributed by atoms with Gasteiger partial charge in [0.05, 0.1) is 4.90 Å². The normalized spacial score (nSPS) is 11.7. The number of aromatic amines is 1. The summed E-state index contributed by atoms with van der Waals surface area (Å²) in [4.78, 5) is 0.0811. The van der Waals surface area contributed by atoms with E-state index in [1.54, 1.807) is 42.5 Å². The summed E-state index contributed by atoms with van der Waals surface area (Å²) in [6, 6.07) is 19.1. The summed E-state index contributed by atoms with van der Waals surface area (Å²) < 4.78 is 42.2. The summed E-state index contributed by atoms with van der Waals surface area (Å²) in [6.45, 7) is -0.0698. The van der Waals surface area contributed by atoms with Crippen LogP contribution in [-0.2, 0) is 23.1 Å². The number of rotatable bonds is 7. The van der Waals surface area contributed by atoms with Crippen LogP contribution >= 0.6 is 11.6 Å². The van der Waals surface area contributed by atoms with Crippen LogP contribution in [0.15, 0.2) is 77.7 Å². The van der Waals surface area contributed by atoms with E-state index < -0.39 is 15.8 Å². The maximum atomic E-state index is 14.3. The molecule has 4 rings (SSSR count). The third-order valence-corrected chi connectivity index (χ3v) is 6.75. The molecule has 0 aliphatic heterocycles. The molecule has 0 unspecified atom stereocenters. The van der Waals surface area contributed by atoms with Crippen molar-refractivity contribution < 1.29 is 12.8 Å². The van der Waals surface area contributed by atoms with Crippen molar-refractivity contribution in [1.82, 2.24) is 24.9 Å². The van der Waals surface area contributed by atoms with Crippen LogP contribution in [-0.4, -0.2) is 33.3 Å². The smallest absolute Gasteiger partial charge is 0.239 e. The first kappa shape index (κ1) is 21.1. The fourth-order valence-corrected chi connectivity index (χ4v) is 4.58. The van der Waals surface area contributed by atoms with Crippen LogP contribution in [0.2, 0.25) is 5.02 Å². The van der Waals surface area contributed by atoms with Gasteiger partial charge in [0.15, 0.2) is 5.82 Å². The zero-order chi connectivity index (χ0) is 21.8. The third kappa shape index (κ3) is 4.79. The van der Waals surface area contributed by atoms with E-state index in [1.807, 2.05) is 0 Å². The van der Waals surface area contributed by atoms with Crippen LogP contribution in [0, 0.1) is 5.82 Å². The van der Waals surface area contributed by atoms with Gasteiger partial charge >= 0.3 is 0 Å². The molecule has 31 heavy (non-hydrogen) atoms. The summed E-state index contributed by atoms with van der Waals surface area (Å²) in [5.74, 6) is 0.0375. The van der Waals surface area contributed by atoms with E-state index in [0.717, 1.165) is 11.1 Å². The predicted octanol–water partition coefficient (Wildman–Crippen LogP) is 4.05. The lowest BCUT2D eigenvalue weighted by molar-refractivity contribution is 0.394. The fraction of sp³-hybridized carbons (Fsp3) is 0.0952. The van der Waals surface area contributed by atoms with E-state index in [9.17, 15) is 12.8 Å². The number of H-pyrrole nitrogens is 1. The fourth-order valence-electron chi connectivity index (χ4n) is 3.05. The minimum atomic E-state index is -3.91. The molecule has 0 bridgehead atoms. The molecule has 1 aromatic heterocycles. The van der Waals surface area contributed by atoms with Crippen LogP contribution in [0.5, 0.6) is 0 Å². The predicted molar refractivity (Wildman–Crippen MR) is 114 cm³/mol. The second kappa shape index (κ2) is 8.93. The van der Waals surface area contributed by atoms with Crippen LogP contribution in [0.1, 0.15) is 11.1 Å². The van der Waals surface area contributed by atoms with Gasteiger partial charge < -0.3 is 0 Å². The zero-order valence-corrected chi connectivity index (χ0v) is 17.7. The average Bonchev–Trinajstić information content (AvgIpc) is 3.30. The van der Waals surface area contributed by atoms with Gasteiger partial charge in [-0.3, -0.25) is 0 Å². The number of tetrazole rings is 1. The van der Waals surface area contributed by atoms with E-state index in [2.05, 4.69) is 20.6 Å². The molecule has 0 aliphatic rings. The number of benzene rings is 3. The lowest BCUT2D eigenvalue weighted by atomic mass is 10.1. The molecule has 0 fully saturated rings. The summed E-state index contributed by atoms with van der Waals surface area (Å²) in [6.07, 6.45) is 0. The van der Waals surface area contributed by atoms with Gasteiger partial charge in [-0.05, 0) is 46.3 Å². The number of nitrogens with zero attached hydrogens (tertiary/aromatic N) is 4. The molecule has 0 saturated carbocycles. The molecule has 0 aliphatic carbocycles. The Bertz CT molecular complexity index is 1260. The monoisotopic (exact) mass is 457 g/mol. The van der Waals surface area contributed by atoms with Gasteiger partial charge in [-0.15, -0.1) is 5.10 Å². The number of nitrogens with one attached hydrogen (secondary N) is 1. The van der Waals surface area contributed by atoms with Crippen molar-refractivity contribution in [1.29, 1.82) is 0 Å². The molecule has 1 N–H and O–H groups in total. The Morgan fingerprint density at radius 2 is 1.65 bits per heavy atom. The van der Waals surface area contributed by atoms with Crippen molar-refractivity contribution in [3.05, 3.63) is 94.8 Å². The molecule has 0 radical (unpaired) electrons. The van der Waals surface area contributed by atoms with Gasteiger partial charge in [-0.1, -0.05) is 54.1 Å². The summed E-state index contributed by atoms with van der Waals surface area (Å²) >= 11 is 5.90. The molecule has 1 heterocycles.